The maximum atomic E-state index is 6.16. The molecule has 112 valence electrons. The Morgan fingerprint density at radius 3 is 2.52 bits per heavy atom. The lowest BCUT2D eigenvalue weighted by molar-refractivity contribution is 0.528. The third kappa shape index (κ3) is 4.72. The first-order chi connectivity index (χ1) is 10.1. The van der Waals surface area contributed by atoms with Crippen molar-refractivity contribution < 1.29 is 0 Å². The lowest BCUT2D eigenvalue weighted by atomic mass is 9.98. The number of benzene rings is 2. The predicted octanol–water partition coefficient (Wildman–Crippen LogP) is 6.04. The van der Waals surface area contributed by atoms with E-state index in [1.54, 1.807) is 0 Å². The summed E-state index contributed by atoms with van der Waals surface area (Å²) in [7, 11) is 0. The number of halogens is 3. The molecular weight excluding hydrogens is 369 g/mol. The molecule has 2 aromatic carbocycles. The van der Waals surface area contributed by atoms with Crippen molar-refractivity contribution >= 4 is 39.1 Å². The van der Waals surface area contributed by atoms with Gasteiger partial charge in [-0.15, -0.1) is 0 Å². The molecule has 2 rings (SSSR count). The van der Waals surface area contributed by atoms with Crippen molar-refractivity contribution in [2.75, 3.05) is 6.54 Å². The van der Waals surface area contributed by atoms with Crippen molar-refractivity contribution in [1.29, 1.82) is 0 Å². The monoisotopic (exact) mass is 385 g/mol. The van der Waals surface area contributed by atoms with Gasteiger partial charge in [0.1, 0.15) is 0 Å². The van der Waals surface area contributed by atoms with E-state index >= 15 is 0 Å². The van der Waals surface area contributed by atoms with Crippen molar-refractivity contribution in [2.24, 2.45) is 0 Å². The van der Waals surface area contributed by atoms with Crippen LogP contribution in [0.15, 0.2) is 46.9 Å². The summed E-state index contributed by atoms with van der Waals surface area (Å²) in [6.45, 7) is 3.13. The predicted molar refractivity (Wildman–Crippen MR) is 95.3 cm³/mol. The van der Waals surface area contributed by atoms with Crippen LogP contribution in [0.4, 0.5) is 0 Å². The number of rotatable bonds is 6. The minimum Gasteiger partial charge on any atom is -0.310 e. The van der Waals surface area contributed by atoms with Gasteiger partial charge in [0.15, 0.2) is 0 Å². The molecule has 1 atom stereocenters. The second kappa shape index (κ2) is 8.19. The van der Waals surface area contributed by atoms with Crippen molar-refractivity contribution in [2.45, 2.75) is 25.8 Å². The summed E-state index contributed by atoms with van der Waals surface area (Å²) in [6.07, 6.45) is 1.99. The van der Waals surface area contributed by atoms with Gasteiger partial charge < -0.3 is 5.32 Å². The van der Waals surface area contributed by atoms with E-state index in [1.807, 2.05) is 24.3 Å². The zero-order valence-electron chi connectivity index (χ0n) is 11.9. The third-order valence-corrected chi connectivity index (χ3v) is 4.88. The van der Waals surface area contributed by atoms with Crippen molar-refractivity contribution in [3.05, 3.63) is 68.1 Å². The van der Waals surface area contributed by atoms with Crippen molar-refractivity contribution in [3.63, 3.8) is 0 Å². The number of hydrogen-bond donors (Lipinski definition) is 1. The van der Waals surface area contributed by atoms with Gasteiger partial charge in [-0.25, -0.2) is 0 Å². The topological polar surface area (TPSA) is 12.0 Å². The molecule has 2 aromatic rings. The Labute approximate surface area is 144 Å². The fraction of sp³-hybridized carbons (Fsp3) is 0.294. The van der Waals surface area contributed by atoms with Crippen molar-refractivity contribution in [1.82, 2.24) is 5.32 Å². The highest BCUT2D eigenvalue weighted by Gasteiger charge is 2.14. The fourth-order valence-electron chi connectivity index (χ4n) is 2.24. The summed E-state index contributed by atoms with van der Waals surface area (Å²) in [5.74, 6) is 0. The van der Waals surface area contributed by atoms with Gasteiger partial charge in [0.05, 0.1) is 10.0 Å². The molecule has 21 heavy (non-hydrogen) atoms. The minimum atomic E-state index is 0.221. The second-order valence-electron chi connectivity index (χ2n) is 4.98. The molecule has 0 aliphatic carbocycles. The molecule has 1 unspecified atom stereocenters. The molecule has 0 radical (unpaired) electrons. The van der Waals surface area contributed by atoms with Gasteiger partial charge in [-0.1, -0.05) is 70.3 Å². The van der Waals surface area contributed by atoms with Crippen LogP contribution < -0.4 is 5.32 Å². The SMILES string of the molecule is CCCNC(Cc1ccccc1Br)c1ccc(Cl)c(Cl)c1. The summed E-state index contributed by atoms with van der Waals surface area (Å²) in [6, 6.07) is 14.4. The summed E-state index contributed by atoms with van der Waals surface area (Å²) in [4.78, 5) is 0. The molecule has 0 spiro atoms. The van der Waals surface area contributed by atoms with E-state index in [2.05, 4.69) is 46.4 Å². The van der Waals surface area contributed by atoms with E-state index in [4.69, 9.17) is 23.2 Å². The average Bonchev–Trinajstić information content (AvgIpc) is 2.48. The van der Waals surface area contributed by atoms with Crippen LogP contribution in [-0.2, 0) is 6.42 Å². The lowest BCUT2D eigenvalue weighted by Gasteiger charge is -2.20. The standard InChI is InChI=1S/C17H18BrCl2N/c1-2-9-21-17(11-12-5-3-4-6-14(12)18)13-7-8-15(19)16(20)10-13/h3-8,10,17,21H,2,9,11H2,1H3. The van der Waals surface area contributed by atoms with Gasteiger partial charge in [0.25, 0.3) is 0 Å². The van der Waals surface area contributed by atoms with E-state index in [0.717, 1.165) is 29.4 Å². The summed E-state index contributed by atoms with van der Waals surface area (Å²) in [5, 5.41) is 4.78. The normalized spacial score (nSPS) is 12.4. The Morgan fingerprint density at radius 2 is 1.86 bits per heavy atom. The van der Waals surface area contributed by atoms with Crippen LogP contribution in [0.25, 0.3) is 0 Å². The molecule has 0 aromatic heterocycles. The van der Waals surface area contributed by atoms with E-state index in [-0.39, 0.29) is 6.04 Å². The molecule has 0 saturated heterocycles. The third-order valence-electron chi connectivity index (χ3n) is 3.37. The van der Waals surface area contributed by atoms with Gasteiger partial charge >= 0.3 is 0 Å². The molecule has 0 saturated carbocycles. The fourth-order valence-corrected chi connectivity index (χ4v) is 2.99. The van der Waals surface area contributed by atoms with Crippen LogP contribution in [0.3, 0.4) is 0 Å². The van der Waals surface area contributed by atoms with Gasteiger partial charge in [-0.3, -0.25) is 0 Å². The Balaban J connectivity index is 2.25. The van der Waals surface area contributed by atoms with Crippen LogP contribution >= 0.6 is 39.1 Å². The first-order valence-electron chi connectivity index (χ1n) is 7.03. The lowest BCUT2D eigenvalue weighted by Crippen LogP contribution is -2.24. The van der Waals surface area contributed by atoms with Crippen LogP contribution in [0.2, 0.25) is 10.0 Å². The smallest absolute Gasteiger partial charge is 0.0595 e. The molecule has 0 fully saturated rings. The highest BCUT2D eigenvalue weighted by molar-refractivity contribution is 9.10. The highest BCUT2D eigenvalue weighted by Crippen LogP contribution is 2.29. The van der Waals surface area contributed by atoms with Gasteiger partial charge in [-0.2, -0.15) is 0 Å². The molecular formula is C17H18BrCl2N. The molecule has 0 bridgehead atoms. The quantitative estimate of drug-likeness (QED) is 0.638. The van der Waals surface area contributed by atoms with E-state index in [9.17, 15) is 0 Å². The van der Waals surface area contributed by atoms with Gasteiger partial charge in [0.2, 0.25) is 0 Å². The maximum absolute atomic E-state index is 6.16. The zero-order chi connectivity index (χ0) is 15.2. The van der Waals surface area contributed by atoms with E-state index in [0.29, 0.717) is 10.0 Å². The Kier molecular flexibility index (Phi) is 6.56. The maximum Gasteiger partial charge on any atom is 0.0595 e. The molecule has 0 aliphatic rings. The van der Waals surface area contributed by atoms with Crippen LogP contribution in [0, 0.1) is 0 Å². The van der Waals surface area contributed by atoms with Crippen LogP contribution in [0.1, 0.15) is 30.5 Å². The van der Waals surface area contributed by atoms with Crippen LogP contribution in [0.5, 0.6) is 0 Å². The summed E-state index contributed by atoms with van der Waals surface area (Å²) >= 11 is 15.8. The molecule has 1 N–H and O–H groups in total. The van der Waals surface area contributed by atoms with Gasteiger partial charge in [-0.05, 0) is 48.7 Å². The molecule has 0 aliphatic heterocycles. The Bertz CT molecular complexity index is 601. The molecule has 0 amide bonds. The molecule has 1 nitrogen and oxygen atoms in total. The summed E-state index contributed by atoms with van der Waals surface area (Å²) in [5.41, 5.74) is 2.44. The highest BCUT2D eigenvalue weighted by atomic mass is 79.9. The van der Waals surface area contributed by atoms with E-state index < -0.39 is 0 Å². The zero-order valence-corrected chi connectivity index (χ0v) is 15.0. The second-order valence-corrected chi connectivity index (χ2v) is 6.64. The largest absolute Gasteiger partial charge is 0.310 e. The summed E-state index contributed by atoms with van der Waals surface area (Å²) < 4.78 is 1.13. The first-order valence-corrected chi connectivity index (χ1v) is 8.58. The Morgan fingerprint density at radius 1 is 1.10 bits per heavy atom. The first kappa shape index (κ1) is 16.8. The number of hydrogen-bond acceptors (Lipinski definition) is 1. The van der Waals surface area contributed by atoms with Crippen LogP contribution in [-0.4, -0.2) is 6.54 Å². The van der Waals surface area contributed by atoms with Crippen molar-refractivity contribution in [3.8, 4) is 0 Å². The Hall–Kier alpha value is -0.540. The van der Waals surface area contributed by atoms with E-state index in [1.165, 1.54) is 5.56 Å². The minimum absolute atomic E-state index is 0.221. The molecule has 0 heterocycles. The average molecular weight is 387 g/mol. The molecule has 4 heteroatoms. The van der Waals surface area contributed by atoms with Gasteiger partial charge in [0, 0.05) is 10.5 Å². The number of nitrogens with one attached hydrogen (secondary N) is 1.